The minimum atomic E-state index is -0.397. The maximum atomic E-state index is 12.1. The van der Waals surface area contributed by atoms with Crippen molar-refractivity contribution in [3.63, 3.8) is 0 Å². The van der Waals surface area contributed by atoms with Gasteiger partial charge in [-0.2, -0.15) is 0 Å². The fourth-order valence-corrected chi connectivity index (χ4v) is 2.78. The van der Waals surface area contributed by atoms with Gasteiger partial charge in [0, 0.05) is 6.42 Å². The molecule has 2 aromatic carbocycles. The molecule has 162 valence electrons. The second-order valence-electron chi connectivity index (χ2n) is 6.62. The molecular formula is C24H30O6. The first kappa shape index (κ1) is 23.3. The third-order valence-corrected chi connectivity index (χ3v) is 4.28. The standard InChI is InChI=1S/C24H30O6/c1-3-27-23(25)13-9-6-10-16-29-22-17-20(24(26)28-4-2)14-15-21(22)30-18-19-11-7-5-8-12-19/h5,7-8,11-12,14-15,17H,3-4,6,9-10,13,16,18H2,1-2H3. The Hall–Kier alpha value is -3.02. The van der Waals surface area contributed by atoms with Crippen LogP contribution in [0.3, 0.4) is 0 Å². The van der Waals surface area contributed by atoms with Crippen LogP contribution in [0, 0.1) is 0 Å². The molecule has 0 aliphatic heterocycles. The molecule has 0 aromatic heterocycles. The van der Waals surface area contributed by atoms with Gasteiger partial charge < -0.3 is 18.9 Å². The lowest BCUT2D eigenvalue weighted by atomic mass is 10.2. The zero-order valence-corrected chi connectivity index (χ0v) is 17.7. The molecule has 0 saturated heterocycles. The van der Waals surface area contributed by atoms with Crippen molar-refractivity contribution in [1.82, 2.24) is 0 Å². The first-order valence-corrected chi connectivity index (χ1v) is 10.4. The fourth-order valence-electron chi connectivity index (χ4n) is 2.78. The number of hydrogen-bond donors (Lipinski definition) is 0. The van der Waals surface area contributed by atoms with Gasteiger partial charge in [-0.25, -0.2) is 4.79 Å². The molecule has 6 nitrogen and oxygen atoms in total. The SMILES string of the molecule is CCOC(=O)CCCCCOc1cc(C(=O)OCC)ccc1OCc1ccccc1. The van der Waals surface area contributed by atoms with E-state index in [1.165, 1.54) is 0 Å². The van der Waals surface area contributed by atoms with Crippen LogP contribution in [-0.2, 0) is 20.9 Å². The molecule has 2 aromatic rings. The summed E-state index contributed by atoms with van der Waals surface area (Å²) >= 11 is 0. The summed E-state index contributed by atoms with van der Waals surface area (Å²) < 4.78 is 21.8. The van der Waals surface area contributed by atoms with Crippen LogP contribution < -0.4 is 9.47 Å². The molecular weight excluding hydrogens is 384 g/mol. The maximum Gasteiger partial charge on any atom is 0.338 e. The molecule has 0 aliphatic rings. The number of hydrogen-bond acceptors (Lipinski definition) is 6. The van der Waals surface area contributed by atoms with Crippen LogP contribution in [0.15, 0.2) is 48.5 Å². The zero-order valence-electron chi connectivity index (χ0n) is 17.7. The van der Waals surface area contributed by atoms with Crippen LogP contribution in [-0.4, -0.2) is 31.8 Å². The van der Waals surface area contributed by atoms with Crippen LogP contribution in [0.1, 0.15) is 55.5 Å². The van der Waals surface area contributed by atoms with Crippen molar-refractivity contribution in [1.29, 1.82) is 0 Å². The number of unbranched alkanes of at least 4 members (excludes halogenated alkanes) is 2. The monoisotopic (exact) mass is 414 g/mol. The van der Waals surface area contributed by atoms with Crippen molar-refractivity contribution in [2.24, 2.45) is 0 Å². The normalized spacial score (nSPS) is 10.3. The Balaban J connectivity index is 1.93. The number of carbonyl (C=O) groups excluding carboxylic acids is 2. The molecule has 0 heterocycles. The zero-order chi connectivity index (χ0) is 21.6. The van der Waals surface area contributed by atoms with Crippen molar-refractivity contribution in [3.8, 4) is 11.5 Å². The van der Waals surface area contributed by atoms with Gasteiger partial charge in [-0.1, -0.05) is 30.3 Å². The number of ether oxygens (including phenoxy) is 4. The molecule has 0 amide bonds. The van der Waals surface area contributed by atoms with Crippen LogP contribution in [0.25, 0.3) is 0 Å². The quantitative estimate of drug-likeness (QED) is 0.341. The van der Waals surface area contributed by atoms with Crippen molar-refractivity contribution in [2.75, 3.05) is 19.8 Å². The van der Waals surface area contributed by atoms with Gasteiger partial charge in [0.05, 0.1) is 25.4 Å². The highest BCUT2D eigenvalue weighted by Crippen LogP contribution is 2.30. The Kier molecular flexibility index (Phi) is 10.3. The maximum absolute atomic E-state index is 12.1. The molecule has 6 heteroatoms. The molecule has 0 saturated carbocycles. The highest BCUT2D eigenvalue weighted by molar-refractivity contribution is 5.90. The number of carbonyl (C=O) groups is 2. The summed E-state index contributed by atoms with van der Waals surface area (Å²) in [6.45, 7) is 5.13. The van der Waals surface area contributed by atoms with Gasteiger partial charge in [-0.05, 0) is 56.9 Å². The van der Waals surface area contributed by atoms with Gasteiger partial charge in [0.2, 0.25) is 0 Å². The molecule has 0 N–H and O–H groups in total. The van der Waals surface area contributed by atoms with Gasteiger partial charge in [-0.3, -0.25) is 4.79 Å². The summed E-state index contributed by atoms with van der Waals surface area (Å²) in [6.07, 6.45) is 2.79. The van der Waals surface area contributed by atoms with Crippen molar-refractivity contribution < 1.29 is 28.5 Å². The van der Waals surface area contributed by atoms with E-state index in [0.717, 1.165) is 24.8 Å². The molecule has 0 radical (unpaired) electrons. The molecule has 0 unspecified atom stereocenters. The lowest BCUT2D eigenvalue weighted by molar-refractivity contribution is -0.143. The Morgan fingerprint density at radius 2 is 1.57 bits per heavy atom. The molecule has 0 fully saturated rings. The predicted molar refractivity (Wildman–Crippen MR) is 114 cm³/mol. The minimum Gasteiger partial charge on any atom is -0.490 e. The lowest BCUT2D eigenvalue weighted by Crippen LogP contribution is -2.07. The molecule has 0 atom stereocenters. The number of esters is 2. The van der Waals surface area contributed by atoms with Crippen LogP contribution in [0.4, 0.5) is 0 Å². The van der Waals surface area contributed by atoms with Gasteiger partial charge in [0.15, 0.2) is 11.5 Å². The second-order valence-corrected chi connectivity index (χ2v) is 6.62. The van der Waals surface area contributed by atoms with E-state index in [-0.39, 0.29) is 5.97 Å². The second kappa shape index (κ2) is 13.2. The van der Waals surface area contributed by atoms with E-state index in [0.29, 0.717) is 49.9 Å². The average Bonchev–Trinajstić information content (AvgIpc) is 2.76. The van der Waals surface area contributed by atoms with E-state index >= 15 is 0 Å². The Bertz CT molecular complexity index is 788. The lowest BCUT2D eigenvalue weighted by Gasteiger charge is -2.14. The Labute approximate surface area is 178 Å². The highest BCUT2D eigenvalue weighted by atomic mass is 16.5. The van der Waals surface area contributed by atoms with E-state index < -0.39 is 5.97 Å². The number of benzene rings is 2. The summed E-state index contributed by atoms with van der Waals surface area (Å²) in [5, 5.41) is 0. The first-order chi connectivity index (χ1) is 14.6. The summed E-state index contributed by atoms with van der Waals surface area (Å²) in [5.74, 6) is 0.504. The van der Waals surface area contributed by atoms with Gasteiger partial charge in [0.25, 0.3) is 0 Å². The van der Waals surface area contributed by atoms with E-state index in [1.54, 1.807) is 32.0 Å². The topological polar surface area (TPSA) is 71.1 Å². The van der Waals surface area contributed by atoms with E-state index in [4.69, 9.17) is 18.9 Å². The third kappa shape index (κ3) is 8.15. The molecule has 0 spiro atoms. The molecule has 0 aliphatic carbocycles. The highest BCUT2D eigenvalue weighted by Gasteiger charge is 2.13. The van der Waals surface area contributed by atoms with Crippen LogP contribution >= 0.6 is 0 Å². The largest absolute Gasteiger partial charge is 0.490 e. The predicted octanol–water partition coefficient (Wildman–Crippen LogP) is 4.94. The fraction of sp³-hybridized carbons (Fsp3) is 0.417. The van der Waals surface area contributed by atoms with Crippen LogP contribution in [0.5, 0.6) is 11.5 Å². The Morgan fingerprint density at radius 1 is 0.800 bits per heavy atom. The Morgan fingerprint density at radius 3 is 2.30 bits per heavy atom. The smallest absolute Gasteiger partial charge is 0.338 e. The van der Waals surface area contributed by atoms with Crippen molar-refractivity contribution in [2.45, 2.75) is 46.1 Å². The van der Waals surface area contributed by atoms with Crippen molar-refractivity contribution >= 4 is 11.9 Å². The molecule has 30 heavy (non-hydrogen) atoms. The summed E-state index contributed by atoms with van der Waals surface area (Å²) in [7, 11) is 0. The van der Waals surface area contributed by atoms with Gasteiger partial charge in [-0.15, -0.1) is 0 Å². The van der Waals surface area contributed by atoms with Gasteiger partial charge >= 0.3 is 11.9 Å². The minimum absolute atomic E-state index is 0.169. The third-order valence-electron chi connectivity index (χ3n) is 4.28. The van der Waals surface area contributed by atoms with E-state index in [9.17, 15) is 9.59 Å². The van der Waals surface area contributed by atoms with E-state index in [1.807, 2.05) is 30.3 Å². The summed E-state index contributed by atoms with van der Waals surface area (Å²) in [6, 6.07) is 14.9. The van der Waals surface area contributed by atoms with E-state index in [2.05, 4.69) is 0 Å². The molecule has 0 bridgehead atoms. The van der Waals surface area contributed by atoms with Crippen LogP contribution in [0.2, 0.25) is 0 Å². The molecule has 2 rings (SSSR count). The van der Waals surface area contributed by atoms with Crippen molar-refractivity contribution in [3.05, 3.63) is 59.7 Å². The summed E-state index contributed by atoms with van der Waals surface area (Å²) in [4.78, 5) is 23.4. The summed E-state index contributed by atoms with van der Waals surface area (Å²) in [5.41, 5.74) is 1.46. The van der Waals surface area contributed by atoms with Gasteiger partial charge in [0.1, 0.15) is 6.61 Å². The number of rotatable bonds is 13. The average molecular weight is 414 g/mol. The first-order valence-electron chi connectivity index (χ1n) is 10.4.